The van der Waals surface area contributed by atoms with Crippen molar-refractivity contribution in [1.29, 1.82) is 0 Å². The molecule has 4 aliphatic rings. The zero-order valence-corrected chi connectivity index (χ0v) is 26.2. The molecule has 4 unspecified atom stereocenters. The Morgan fingerprint density at radius 3 is 2.58 bits per heavy atom. The van der Waals surface area contributed by atoms with Gasteiger partial charge in [0, 0.05) is 34.5 Å². The number of hydrogen-bond donors (Lipinski definition) is 3. The highest BCUT2D eigenvalue weighted by atomic mass is 32.2. The number of amides is 1. The van der Waals surface area contributed by atoms with Crippen LogP contribution in [0.5, 0.6) is 0 Å². The van der Waals surface area contributed by atoms with Crippen LogP contribution in [0, 0.1) is 39.9 Å². The number of rotatable bonds is 8. The second kappa shape index (κ2) is 11.7. The molecule has 11 atom stereocenters. The third-order valence-corrected chi connectivity index (χ3v) is 13.1. The lowest BCUT2D eigenvalue weighted by Crippen LogP contribution is -2.63. The topological polar surface area (TPSA) is 119 Å². The number of carbonyl (C=O) groups is 3. The van der Waals surface area contributed by atoms with Crippen molar-refractivity contribution in [2.75, 3.05) is 5.75 Å². The predicted octanol–water partition coefficient (Wildman–Crippen LogP) is 4.65. The molecule has 7 nitrogen and oxygen atoms in total. The van der Waals surface area contributed by atoms with Crippen molar-refractivity contribution in [3.63, 3.8) is 0 Å². The second-order valence-electron chi connectivity index (χ2n) is 14.3. The van der Waals surface area contributed by atoms with Crippen molar-refractivity contribution in [2.24, 2.45) is 45.7 Å². The molecule has 4 aliphatic carbocycles. The molecule has 8 heteroatoms. The molecule has 0 heterocycles. The molecule has 4 saturated carbocycles. The molecule has 226 valence electrons. The summed E-state index contributed by atoms with van der Waals surface area (Å²) in [6.07, 6.45) is 6.95. The van der Waals surface area contributed by atoms with Gasteiger partial charge in [-0.25, -0.2) is 0 Å². The Labute approximate surface area is 245 Å². The molecule has 2 bridgehead atoms. The van der Waals surface area contributed by atoms with Crippen LogP contribution < -0.4 is 11.1 Å². The summed E-state index contributed by atoms with van der Waals surface area (Å²) in [6.45, 7) is 16.5. The standard InChI is InChI=1S/C32H52N2O5S/c1-8-30(6)16-24(31(7)19(4)11-13-32(20(5)28(30)37)14-12-23(35)27(31)32)39-25(36)17-40-22-10-9-21(15-22)34-29(38)26(33)18(2)3/h8,18-22,24,26-28,37H,1,9-17,33H2,2-7H3,(H,34,38)/t19-,20+,21?,22?,24-,26?,27?,28+,30-,31+,32+/m1/s1. The normalized spacial score (nSPS) is 43.9. The number of nitrogens with two attached hydrogens (primary N) is 1. The summed E-state index contributed by atoms with van der Waals surface area (Å²) < 4.78 is 6.37. The van der Waals surface area contributed by atoms with Crippen molar-refractivity contribution >= 4 is 29.4 Å². The maximum atomic E-state index is 13.5. The molecule has 40 heavy (non-hydrogen) atoms. The maximum Gasteiger partial charge on any atom is 0.316 e. The number of ether oxygens (including phenoxy) is 1. The molecule has 0 aliphatic heterocycles. The zero-order chi connectivity index (χ0) is 29.6. The summed E-state index contributed by atoms with van der Waals surface area (Å²) in [4.78, 5) is 39.4. The molecule has 0 spiro atoms. The summed E-state index contributed by atoms with van der Waals surface area (Å²) in [5.41, 5.74) is 4.60. The third-order valence-electron chi connectivity index (χ3n) is 11.8. The minimum absolute atomic E-state index is 0.0446. The van der Waals surface area contributed by atoms with Crippen LogP contribution in [0.25, 0.3) is 0 Å². The SMILES string of the molecule is C=C[C@]1(C)C[C@@H](OC(=O)CSC2CCC(NC(=O)C(N)C(C)C)C2)[C@@]2(C)C3C(=O)CC[C@@]3(CC[C@H]2C)[C@@H](C)[C@@H]1O. The molecule has 4 fully saturated rings. The van der Waals surface area contributed by atoms with Gasteiger partial charge in [-0.2, -0.15) is 0 Å². The first-order chi connectivity index (χ1) is 18.7. The number of aliphatic hydroxyl groups excluding tert-OH is 1. The monoisotopic (exact) mass is 576 g/mol. The van der Waals surface area contributed by atoms with Crippen LogP contribution in [0.4, 0.5) is 0 Å². The Balaban J connectivity index is 1.47. The minimum Gasteiger partial charge on any atom is -0.461 e. The van der Waals surface area contributed by atoms with Gasteiger partial charge in [-0.1, -0.05) is 47.6 Å². The van der Waals surface area contributed by atoms with Crippen LogP contribution in [0.15, 0.2) is 12.7 Å². The van der Waals surface area contributed by atoms with Gasteiger partial charge in [0.1, 0.15) is 11.9 Å². The quantitative estimate of drug-likeness (QED) is 0.284. The van der Waals surface area contributed by atoms with Gasteiger partial charge in [-0.15, -0.1) is 18.3 Å². The third kappa shape index (κ3) is 5.42. The highest BCUT2D eigenvalue weighted by Crippen LogP contribution is 2.68. The van der Waals surface area contributed by atoms with E-state index in [2.05, 4.69) is 32.7 Å². The average molecular weight is 577 g/mol. The molecule has 0 aromatic heterocycles. The minimum atomic E-state index is -0.665. The van der Waals surface area contributed by atoms with E-state index in [1.807, 2.05) is 26.8 Å². The fraction of sp³-hybridized carbons (Fsp3) is 0.844. The lowest BCUT2D eigenvalue weighted by Gasteiger charge is -2.61. The number of carbonyl (C=O) groups excluding carboxylic acids is 3. The summed E-state index contributed by atoms with van der Waals surface area (Å²) >= 11 is 1.59. The highest BCUT2D eigenvalue weighted by Gasteiger charge is 2.68. The Morgan fingerprint density at radius 1 is 1.23 bits per heavy atom. The number of ketones is 1. The molecule has 0 aromatic carbocycles. The lowest BCUT2D eigenvalue weighted by atomic mass is 9.44. The van der Waals surface area contributed by atoms with E-state index in [0.717, 1.165) is 38.5 Å². The molecule has 4 rings (SSSR count). The molecule has 0 saturated heterocycles. The van der Waals surface area contributed by atoms with Gasteiger partial charge in [-0.3, -0.25) is 14.4 Å². The van der Waals surface area contributed by atoms with E-state index >= 15 is 0 Å². The van der Waals surface area contributed by atoms with Crippen LogP contribution in [-0.2, 0) is 19.1 Å². The van der Waals surface area contributed by atoms with Crippen molar-refractivity contribution in [3.05, 3.63) is 12.7 Å². The van der Waals surface area contributed by atoms with Crippen LogP contribution in [0.1, 0.15) is 92.9 Å². The number of Topliss-reactive ketones (excluding diaryl/α,β-unsaturated/α-hetero) is 1. The number of esters is 1. The van der Waals surface area contributed by atoms with Gasteiger partial charge in [0.15, 0.2) is 0 Å². The van der Waals surface area contributed by atoms with E-state index < -0.39 is 29.1 Å². The van der Waals surface area contributed by atoms with Crippen molar-refractivity contribution in [2.45, 2.75) is 122 Å². The average Bonchev–Trinajstić information content (AvgIpc) is 3.51. The lowest BCUT2D eigenvalue weighted by molar-refractivity contribution is -0.205. The summed E-state index contributed by atoms with van der Waals surface area (Å²) in [7, 11) is 0. The Kier molecular flexibility index (Phi) is 9.24. The van der Waals surface area contributed by atoms with E-state index in [1.165, 1.54) is 0 Å². The first-order valence-corrected chi connectivity index (χ1v) is 16.5. The van der Waals surface area contributed by atoms with Crippen molar-refractivity contribution in [3.8, 4) is 0 Å². The summed E-state index contributed by atoms with van der Waals surface area (Å²) in [5, 5.41) is 15.0. The molecule has 4 N–H and O–H groups in total. The van der Waals surface area contributed by atoms with E-state index in [-0.39, 0.29) is 63.8 Å². The summed E-state index contributed by atoms with van der Waals surface area (Å²) in [6, 6.07) is -0.432. The molecular formula is C32H52N2O5S. The van der Waals surface area contributed by atoms with Gasteiger partial charge >= 0.3 is 5.97 Å². The van der Waals surface area contributed by atoms with E-state index in [9.17, 15) is 19.5 Å². The van der Waals surface area contributed by atoms with Crippen LogP contribution in [0.3, 0.4) is 0 Å². The molecule has 0 aromatic rings. The molecule has 0 radical (unpaired) electrons. The number of aliphatic hydroxyl groups is 1. The first-order valence-electron chi connectivity index (χ1n) is 15.4. The maximum absolute atomic E-state index is 13.5. The van der Waals surface area contributed by atoms with E-state index in [1.54, 1.807) is 11.8 Å². The fourth-order valence-electron chi connectivity index (χ4n) is 8.70. The van der Waals surface area contributed by atoms with Crippen molar-refractivity contribution in [1.82, 2.24) is 5.32 Å². The van der Waals surface area contributed by atoms with Gasteiger partial charge in [0.05, 0.1) is 17.9 Å². The van der Waals surface area contributed by atoms with Gasteiger partial charge in [0.2, 0.25) is 5.91 Å². The highest BCUT2D eigenvalue weighted by molar-refractivity contribution is 8.00. The number of hydrogen-bond acceptors (Lipinski definition) is 7. The molecule has 1 amide bonds. The molecular weight excluding hydrogens is 524 g/mol. The first kappa shape index (κ1) is 31.6. The Bertz CT molecular complexity index is 1000. The van der Waals surface area contributed by atoms with Gasteiger partial charge in [-0.05, 0) is 68.1 Å². The van der Waals surface area contributed by atoms with Crippen LogP contribution in [-0.4, -0.2) is 58.1 Å². The second-order valence-corrected chi connectivity index (χ2v) is 15.6. The summed E-state index contributed by atoms with van der Waals surface area (Å²) in [5.74, 6) is 0.151. The number of nitrogens with one attached hydrogen (secondary N) is 1. The van der Waals surface area contributed by atoms with Crippen LogP contribution >= 0.6 is 11.8 Å². The largest absolute Gasteiger partial charge is 0.461 e. The fourth-order valence-corrected chi connectivity index (χ4v) is 9.81. The van der Waals surface area contributed by atoms with Crippen molar-refractivity contribution < 1.29 is 24.2 Å². The number of thioether (sulfide) groups is 1. The van der Waals surface area contributed by atoms with E-state index in [0.29, 0.717) is 12.8 Å². The Morgan fingerprint density at radius 2 is 1.93 bits per heavy atom. The van der Waals surface area contributed by atoms with Gasteiger partial charge < -0.3 is 20.9 Å². The predicted molar refractivity (Wildman–Crippen MR) is 159 cm³/mol. The zero-order valence-electron chi connectivity index (χ0n) is 25.4. The van der Waals surface area contributed by atoms with Gasteiger partial charge in [0.25, 0.3) is 0 Å². The van der Waals surface area contributed by atoms with E-state index in [4.69, 9.17) is 10.5 Å². The Hall–Kier alpha value is -1.38. The smallest absolute Gasteiger partial charge is 0.316 e. The van der Waals surface area contributed by atoms with Crippen LogP contribution in [0.2, 0.25) is 0 Å².